The predicted octanol–water partition coefficient (Wildman–Crippen LogP) is 2.18. The number of hydrogen-bond acceptors (Lipinski definition) is 5. The van der Waals surface area contributed by atoms with E-state index in [9.17, 15) is 13.2 Å². The lowest BCUT2D eigenvalue weighted by Gasteiger charge is -2.32. The Morgan fingerprint density at radius 1 is 1.17 bits per heavy atom. The van der Waals surface area contributed by atoms with Crippen LogP contribution in [0, 0.1) is 6.92 Å². The third kappa shape index (κ3) is 3.79. The SMILES string of the molecule is Cc1c(CS(=O)(=O)Cl)cc(C=O)cc1B1OC(C)(C)C(C)(C)O1. The van der Waals surface area contributed by atoms with E-state index in [1.807, 2.05) is 27.7 Å². The van der Waals surface area contributed by atoms with E-state index in [2.05, 4.69) is 0 Å². The van der Waals surface area contributed by atoms with Gasteiger partial charge in [0, 0.05) is 16.2 Å². The maximum absolute atomic E-state index is 11.4. The Bertz CT molecular complexity index is 726. The summed E-state index contributed by atoms with van der Waals surface area (Å²) in [6.45, 7) is 9.48. The Kier molecular flexibility index (Phi) is 4.72. The maximum atomic E-state index is 11.4. The number of rotatable bonds is 4. The molecule has 0 aromatic heterocycles. The van der Waals surface area contributed by atoms with Crippen LogP contribution in [0.4, 0.5) is 0 Å². The van der Waals surface area contributed by atoms with Gasteiger partial charge in [-0.3, -0.25) is 4.79 Å². The van der Waals surface area contributed by atoms with Crippen LogP contribution in [0.25, 0.3) is 0 Å². The molecule has 1 aromatic rings. The Morgan fingerprint density at radius 2 is 1.70 bits per heavy atom. The Morgan fingerprint density at radius 3 is 2.13 bits per heavy atom. The lowest BCUT2D eigenvalue weighted by molar-refractivity contribution is 0.00578. The molecule has 2 rings (SSSR count). The summed E-state index contributed by atoms with van der Waals surface area (Å²) in [6.07, 6.45) is 0.665. The molecule has 23 heavy (non-hydrogen) atoms. The van der Waals surface area contributed by atoms with Crippen molar-refractivity contribution in [3.05, 3.63) is 28.8 Å². The summed E-state index contributed by atoms with van der Waals surface area (Å²) in [5, 5.41) is 0. The van der Waals surface area contributed by atoms with Gasteiger partial charge in [0.15, 0.2) is 0 Å². The lowest BCUT2D eigenvalue weighted by Crippen LogP contribution is -2.41. The molecule has 0 radical (unpaired) electrons. The van der Waals surface area contributed by atoms with Crippen LogP contribution in [0.15, 0.2) is 12.1 Å². The normalized spacial score (nSPS) is 19.8. The second kappa shape index (κ2) is 5.88. The van der Waals surface area contributed by atoms with Crippen molar-refractivity contribution in [3.63, 3.8) is 0 Å². The minimum Gasteiger partial charge on any atom is -0.399 e. The van der Waals surface area contributed by atoms with Gasteiger partial charge in [0.25, 0.3) is 0 Å². The second-order valence-corrected chi connectivity index (χ2v) is 9.56. The first-order valence-corrected chi connectivity index (χ1v) is 9.71. The maximum Gasteiger partial charge on any atom is 0.495 e. The molecule has 1 aliphatic heterocycles. The molecule has 1 heterocycles. The topological polar surface area (TPSA) is 69.7 Å². The summed E-state index contributed by atoms with van der Waals surface area (Å²) >= 11 is 0. The summed E-state index contributed by atoms with van der Waals surface area (Å²) in [5.41, 5.74) is 1.10. The third-order valence-electron chi connectivity index (χ3n) is 4.55. The van der Waals surface area contributed by atoms with Gasteiger partial charge in [-0.25, -0.2) is 8.42 Å². The monoisotopic (exact) mass is 358 g/mol. The molecule has 0 amide bonds. The van der Waals surface area contributed by atoms with Crippen LogP contribution in [-0.4, -0.2) is 33.0 Å². The van der Waals surface area contributed by atoms with Gasteiger partial charge in [-0.05, 0) is 57.3 Å². The number of carbonyl (C=O) groups excluding carboxylic acids is 1. The van der Waals surface area contributed by atoms with Gasteiger partial charge in [-0.15, -0.1) is 0 Å². The minimum absolute atomic E-state index is 0.353. The van der Waals surface area contributed by atoms with Gasteiger partial charge in [-0.2, -0.15) is 0 Å². The largest absolute Gasteiger partial charge is 0.495 e. The molecule has 0 N–H and O–H groups in total. The Hall–Kier alpha value is -0.885. The zero-order valence-corrected chi connectivity index (χ0v) is 15.4. The van der Waals surface area contributed by atoms with E-state index in [1.54, 1.807) is 13.0 Å². The summed E-state index contributed by atoms with van der Waals surface area (Å²) in [4.78, 5) is 11.2. The minimum atomic E-state index is -3.74. The van der Waals surface area contributed by atoms with E-state index >= 15 is 0 Å². The molecule has 126 valence electrons. The fourth-order valence-corrected chi connectivity index (χ4v) is 3.47. The Balaban J connectivity index is 2.51. The molecular formula is C15H20BClO5S. The van der Waals surface area contributed by atoms with Crippen LogP contribution in [0.5, 0.6) is 0 Å². The number of carbonyl (C=O) groups is 1. The van der Waals surface area contributed by atoms with E-state index in [-0.39, 0.29) is 5.75 Å². The average molecular weight is 359 g/mol. The highest BCUT2D eigenvalue weighted by Crippen LogP contribution is 2.37. The fraction of sp³-hybridized carbons (Fsp3) is 0.533. The first kappa shape index (κ1) is 18.5. The summed E-state index contributed by atoms with van der Waals surface area (Å²) in [6, 6.07) is 3.19. The molecule has 5 nitrogen and oxygen atoms in total. The molecule has 1 aromatic carbocycles. The van der Waals surface area contributed by atoms with Crippen molar-refractivity contribution in [1.29, 1.82) is 0 Å². The first-order valence-electron chi connectivity index (χ1n) is 7.23. The molecule has 0 saturated carbocycles. The third-order valence-corrected chi connectivity index (χ3v) is 5.53. The molecule has 1 saturated heterocycles. The van der Waals surface area contributed by atoms with Crippen molar-refractivity contribution in [1.82, 2.24) is 0 Å². The van der Waals surface area contributed by atoms with E-state index in [0.717, 1.165) is 0 Å². The predicted molar refractivity (Wildman–Crippen MR) is 90.8 cm³/mol. The summed E-state index contributed by atoms with van der Waals surface area (Å²) in [5.74, 6) is -0.353. The molecule has 1 fully saturated rings. The highest BCUT2D eigenvalue weighted by Gasteiger charge is 2.52. The molecule has 0 bridgehead atoms. The van der Waals surface area contributed by atoms with Crippen molar-refractivity contribution in [2.24, 2.45) is 0 Å². The van der Waals surface area contributed by atoms with Crippen LogP contribution in [0.1, 0.15) is 49.2 Å². The molecular weight excluding hydrogens is 338 g/mol. The Labute approximate surface area is 141 Å². The average Bonchev–Trinajstić information content (AvgIpc) is 2.59. The fourth-order valence-electron chi connectivity index (χ4n) is 2.44. The zero-order chi connectivity index (χ0) is 17.6. The van der Waals surface area contributed by atoms with Crippen molar-refractivity contribution >= 4 is 38.6 Å². The van der Waals surface area contributed by atoms with Crippen molar-refractivity contribution in [2.75, 3.05) is 0 Å². The molecule has 0 spiro atoms. The van der Waals surface area contributed by atoms with E-state index < -0.39 is 27.4 Å². The molecule has 0 atom stereocenters. The number of hydrogen-bond donors (Lipinski definition) is 0. The first-order chi connectivity index (χ1) is 10.4. The van der Waals surface area contributed by atoms with E-state index in [1.165, 1.54) is 6.07 Å². The van der Waals surface area contributed by atoms with Gasteiger partial charge in [0.05, 0.1) is 17.0 Å². The van der Waals surface area contributed by atoms with Crippen molar-refractivity contribution in [2.45, 2.75) is 51.6 Å². The van der Waals surface area contributed by atoms with Gasteiger partial charge >= 0.3 is 7.12 Å². The van der Waals surface area contributed by atoms with Gasteiger partial charge in [0.1, 0.15) is 6.29 Å². The number of halogens is 1. The number of aldehydes is 1. The van der Waals surface area contributed by atoms with E-state index in [4.69, 9.17) is 20.0 Å². The van der Waals surface area contributed by atoms with Crippen LogP contribution in [0.2, 0.25) is 0 Å². The van der Waals surface area contributed by atoms with Crippen molar-refractivity contribution < 1.29 is 22.5 Å². The van der Waals surface area contributed by atoms with E-state index in [0.29, 0.717) is 28.4 Å². The van der Waals surface area contributed by atoms with Crippen LogP contribution in [0.3, 0.4) is 0 Å². The summed E-state index contributed by atoms with van der Waals surface area (Å²) in [7, 11) is 0.954. The highest BCUT2D eigenvalue weighted by molar-refractivity contribution is 8.13. The zero-order valence-electron chi connectivity index (χ0n) is 13.8. The van der Waals surface area contributed by atoms with Gasteiger partial charge in [-0.1, -0.05) is 6.07 Å². The summed E-state index contributed by atoms with van der Waals surface area (Å²) < 4.78 is 34.8. The van der Waals surface area contributed by atoms with Crippen LogP contribution >= 0.6 is 10.7 Å². The van der Waals surface area contributed by atoms with Gasteiger partial charge < -0.3 is 9.31 Å². The molecule has 0 aliphatic carbocycles. The quantitative estimate of drug-likeness (QED) is 0.469. The van der Waals surface area contributed by atoms with Crippen LogP contribution in [-0.2, 0) is 24.1 Å². The second-order valence-electron chi connectivity index (χ2n) is 6.78. The van der Waals surface area contributed by atoms with Crippen molar-refractivity contribution in [3.8, 4) is 0 Å². The molecule has 8 heteroatoms. The number of benzene rings is 1. The van der Waals surface area contributed by atoms with Crippen LogP contribution < -0.4 is 5.46 Å². The standard InChI is InChI=1S/C15H20BClO5S/c1-10-12(9-23(17,19)20)6-11(8-18)7-13(10)16-21-14(2,3)15(4,5)22-16/h6-8H,9H2,1-5H3. The highest BCUT2D eigenvalue weighted by atomic mass is 35.7. The molecule has 0 unspecified atom stereocenters. The van der Waals surface area contributed by atoms with Gasteiger partial charge in [0.2, 0.25) is 9.05 Å². The molecule has 1 aliphatic rings. The smallest absolute Gasteiger partial charge is 0.399 e. The lowest BCUT2D eigenvalue weighted by atomic mass is 9.74.